The molecule has 0 aliphatic heterocycles. The minimum absolute atomic E-state index is 1.08. The van der Waals surface area contributed by atoms with Crippen LogP contribution < -0.4 is 0 Å². The van der Waals surface area contributed by atoms with Crippen molar-refractivity contribution in [3.8, 4) is 0 Å². The van der Waals surface area contributed by atoms with Gasteiger partial charge in [-0.1, -0.05) is 115 Å². The van der Waals surface area contributed by atoms with Gasteiger partial charge in [0.1, 0.15) is 0 Å². The Morgan fingerprint density at radius 3 is 1.39 bits per heavy atom. The SMILES string of the molecule is CC/C=C\C/C=C\C/C=C/CCCCCCCCCCCCC. The van der Waals surface area contributed by atoms with Crippen molar-refractivity contribution in [2.24, 2.45) is 0 Å². The van der Waals surface area contributed by atoms with Crippen LogP contribution in [0, 0.1) is 0 Å². The van der Waals surface area contributed by atoms with Crippen LogP contribution in [0.3, 0.4) is 0 Å². The minimum Gasteiger partial charge on any atom is -0.0885 e. The van der Waals surface area contributed by atoms with E-state index < -0.39 is 0 Å². The smallest absolute Gasteiger partial charge is 0.0169 e. The van der Waals surface area contributed by atoms with Gasteiger partial charge in [-0.2, -0.15) is 0 Å². The van der Waals surface area contributed by atoms with Gasteiger partial charge in [-0.15, -0.1) is 0 Å². The molecule has 0 aromatic rings. The first kappa shape index (κ1) is 22.2. The summed E-state index contributed by atoms with van der Waals surface area (Å²) in [6, 6.07) is 0. The number of allylic oxidation sites excluding steroid dienone is 6. The van der Waals surface area contributed by atoms with E-state index in [-0.39, 0.29) is 0 Å². The zero-order chi connectivity index (χ0) is 16.8. The molecule has 23 heavy (non-hydrogen) atoms. The van der Waals surface area contributed by atoms with Gasteiger partial charge in [-0.25, -0.2) is 0 Å². The molecule has 0 heteroatoms. The largest absolute Gasteiger partial charge is 0.0885 e. The van der Waals surface area contributed by atoms with Crippen molar-refractivity contribution >= 4 is 0 Å². The summed E-state index contributed by atoms with van der Waals surface area (Å²) in [5.41, 5.74) is 0. The summed E-state index contributed by atoms with van der Waals surface area (Å²) in [4.78, 5) is 0. The molecule has 0 atom stereocenters. The van der Waals surface area contributed by atoms with Gasteiger partial charge in [-0.05, 0) is 32.1 Å². The molecule has 0 rings (SSSR count). The molecule has 0 amide bonds. The Morgan fingerprint density at radius 2 is 0.870 bits per heavy atom. The highest BCUT2D eigenvalue weighted by atomic mass is 14.0. The zero-order valence-corrected chi connectivity index (χ0v) is 16.1. The highest BCUT2D eigenvalue weighted by Crippen LogP contribution is 2.12. The number of rotatable bonds is 17. The minimum atomic E-state index is 1.08. The van der Waals surface area contributed by atoms with Crippen molar-refractivity contribution < 1.29 is 0 Å². The molecule has 0 saturated heterocycles. The molecule has 0 aliphatic carbocycles. The Hall–Kier alpha value is -0.780. The van der Waals surface area contributed by atoms with E-state index in [9.17, 15) is 0 Å². The second-order valence-corrected chi connectivity index (χ2v) is 6.62. The molecule has 0 saturated carbocycles. The van der Waals surface area contributed by atoms with E-state index in [2.05, 4.69) is 50.3 Å². The zero-order valence-electron chi connectivity index (χ0n) is 16.1. The van der Waals surface area contributed by atoms with Crippen LogP contribution in [0.25, 0.3) is 0 Å². The normalized spacial score (nSPS) is 12.3. The van der Waals surface area contributed by atoms with Gasteiger partial charge >= 0.3 is 0 Å². The van der Waals surface area contributed by atoms with Gasteiger partial charge in [0.15, 0.2) is 0 Å². The van der Waals surface area contributed by atoms with Crippen LogP contribution in [0.4, 0.5) is 0 Å². The lowest BCUT2D eigenvalue weighted by Crippen LogP contribution is -1.81. The molecule has 0 aliphatic rings. The third-order valence-corrected chi connectivity index (χ3v) is 4.25. The van der Waals surface area contributed by atoms with E-state index in [0.717, 1.165) is 19.3 Å². The van der Waals surface area contributed by atoms with Crippen molar-refractivity contribution in [3.63, 3.8) is 0 Å². The van der Waals surface area contributed by atoms with Crippen molar-refractivity contribution in [1.29, 1.82) is 0 Å². The van der Waals surface area contributed by atoms with Gasteiger partial charge in [0, 0.05) is 0 Å². The standard InChI is InChI=1S/C23H42/c1-3-5-7-9-11-13-15-17-19-21-23-22-20-18-16-14-12-10-8-6-4-2/h5,7,11,13,17,19H,3-4,6,8-10,12,14-16,18,20-23H2,1-2H3/b7-5-,13-11-,19-17+. The molecule has 0 spiro atoms. The maximum Gasteiger partial charge on any atom is -0.0169 e. The van der Waals surface area contributed by atoms with Crippen LogP contribution in [0.1, 0.15) is 110 Å². The summed E-state index contributed by atoms with van der Waals surface area (Å²) in [6.45, 7) is 4.47. The Morgan fingerprint density at radius 1 is 0.435 bits per heavy atom. The lowest BCUT2D eigenvalue weighted by molar-refractivity contribution is 0.550. The quantitative estimate of drug-likeness (QED) is 0.186. The van der Waals surface area contributed by atoms with Crippen molar-refractivity contribution in [1.82, 2.24) is 0 Å². The number of unbranched alkanes of at least 4 members (excludes halogenated alkanes) is 11. The van der Waals surface area contributed by atoms with Gasteiger partial charge in [0.2, 0.25) is 0 Å². The van der Waals surface area contributed by atoms with Gasteiger partial charge in [0.05, 0.1) is 0 Å². The van der Waals surface area contributed by atoms with Crippen LogP contribution in [0.15, 0.2) is 36.5 Å². The first-order chi connectivity index (χ1) is 11.4. The van der Waals surface area contributed by atoms with Crippen LogP contribution in [0.5, 0.6) is 0 Å². The van der Waals surface area contributed by atoms with E-state index in [1.165, 1.54) is 77.0 Å². The Labute approximate surface area is 147 Å². The van der Waals surface area contributed by atoms with Crippen LogP contribution in [-0.4, -0.2) is 0 Å². The van der Waals surface area contributed by atoms with E-state index in [1.54, 1.807) is 0 Å². The molecule has 0 radical (unpaired) electrons. The number of hydrogen-bond acceptors (Lipinski definition) is 0. The van der Waals surface area contributed by atoms with Crippen molar-refractivity contribution in [2.75, 3.05) is 0 Å². The maximum atomic E-state index is 2.36. The molecular weight excluding hydrogens is 276 g/mol. The molecule has 0 aromatic heterocycles. The summed E-state index contributed by atoms with van der Waals surface area (Å²) < 4.78 is 0. The Balaban J connectivity index is 3.14. The predicted molar refractivity (Wildman–Crippen MR) is 108 cm³/mol. The molecule has 0 N–H and O–H groups in total. The summed E-state index contributed by atoms with van der Waals surface area (Å²) in [5.74, 6) is 0. The fourth-order valence-electron chi connectivity index (χ4n) is 2.75. The van der Waals surface area contributed by atoms with E-state index >= 15 is 0 Å². The topological polar surface area (TPSA) is 0 Å². The molecule has 134 valence electrons. The molecule has 0 unspecified atom stereocenters. The summed E-state index contributed by atoms with van der Waals surface area (Å²) in [5, 5.41) is 0. The van der Waals surface area contributed by atoms with E-state index in [4.69, 9.17) is 0 Å². The third kappa shape index (κ3) is 21.2. The van der Waals surface area contributed by atoms with Gasteiger partial charge in [0.25, 0.3) is 0 Å². The molecule has 0 bridgehead atoms. The lowest BCUT2D eigenvalue weighted by atomic mass is 10.1. The molecule has 0 aromatic carbocycles. The monoisotopic (exact) mass is 318 g/mol. The third-order valence-electron chi connectivity index (χ3n) is 4.25. The van der Waals surface area contributed by atoms with Gasteiger partial charge in [-0.3, -0.25) is 0 Å². The van der Waals surface area contributed by atoms with Crippen LogP contribution >= 0.6 is 0 Å². The lowest BCUT2D eigenvalue weighted by Gasteiger charge is -2.01. The average Bonchev–Trinajstić information content (AvgIpc) is 2.57. The van der Waals surface area contributed by atoms with E-state index in [0.29, 0.717) is 0 Å². The van der Waals surface area contributed by atoms with Crippen molar-refractivity contribution in [3.05, 3.63) is 36.5 Å². The van der Waals surface area contributed by atoms with Gasteiger partial charge < -0.3 is 0 Å². The molecular formula is C23H42. The maximum absolute atomic E-state index is 2.36. The highest BCUT2D eigenvalue weighted by molar-refractivity contribution is 4.96. The predicted octanol–water partition coefficient (Wildman–Crippen LogP) is 8.55. The Kier molecular flexibility index (Phi) is 20.5. The second-order valence-electron chi connectivity index (χ2n) is 6.62. The highest BCUT2D eigenvalue weighted by Gasteiger charge is 1.92. The molecule has 0 heterocycles. The van der Waals surface area contributed by atoms with Crippen LogP contribution in [-0.2, 0) is 0 Å². The molecule has 0 fully saturated rings. The Bertz CT molecular complexity index is 282. The van der Waals surface area contributed by atoms with Crippen molar-refractivity contribution in [2.45, 2.75) is 110 Å². The molecule has 0 nitrogen and oxygen atoms in total. The summed E-state index contributed by atoms with van der Waals surface area (Å²) in [6.07, 6.45) is 34.0. The summed E-state index contributed by atoms with van der Waals surface area (Å²) >= 11 is 0. The second kappa shape index (κ2) is 21.2. The fourth-order valence-corrected chi connectivity index (χ4v) is 2.75. The first-order valence-corrected chi connectivity index (χ1v) is 10.4. The van der Waals surface area contributed by atoms with E-state index in [1.807, 2.05) is 0 Å². The fraction of sp³-hybridized carbons (Fsp3) is 0.739. The van der Waals surface area contributed by atoms with Crippen LogP contribution in [0.2, 0.25) is 0 Å². The first-order valence-electron chi connectivity index (χ1n) is 10.4. The average molecular weight is 319 g/mol. The number of hydrogen-bond donors (Lipinski definition) is 0. The summed E-state index contributed by atoms with van der Waals surface area (Å²) in [7, 11) is 0.